The van der Waals surface area contributed by atoms with E-state index in [0.29, 0.717) is 12.0 Å². The molecule has 0 aliphatic carbocycles. The number of nitrogens with zero attached hydrogens (tertiary/aromatic N) is 2. The van der Waals surface area contributed by atoms with Crippen LogP contribution in [0.25, 0.3) is 0 Å². The lowest BCUT2D eigenvalue weighted by atomic mass is 9.96. The number of nitro benzene ring substituents is 1. The molecule has 0 aromatic heterocycles. The van der Waals surface area contributed by atoms with E-state index in [1.165, 1.54) is 18.2 Å². The molecule has 23 heavy (non-hydrogen) atoms. The van der Waals surface area contributed by atoms with Gasteiger partial charge >= 0.3 is 0 Å². The highest BCUT2D eigenvalue weighted by Crippen LogP contribution is 2.35. The third-order valence-electron chi connectivity index (χ3n) is 3.70. The van der Waals surface area contributed by atoms with Crippen LogP contribution in [0.3, 0.4) is 0 Å². The molecule has 2 N–H and O–H groups in total. The predicted molar refractivity (Wildman–Crippen MR) is 95.9 cm³/mol. The third kappa shape index (κ3) is 5.66. The number of rotatable bonds is 5. The zero-order chi connectivity index (χ0) is 15.4. The average molecular weight is 364 g/mol. The number of aromatic hydroxyl groups is 1. The quantitative estimate of drug-likeness (QED) is 0.477. The second kappa shape index (κ2) is 9.72. The van der Waals surface area contributed by atoms with E-state index in [1.54, 1.807) is 0 Å². The monoisotopic (exact) mass is 363 g/mol. The van der Waals surface area contributed by atoms with Crippen LogP contribution < -0.4 is 5.32 Å². The van der Waals surface area contributed by atoms with Crippen molar-refractivity contribution in [1.82, 2.24) is 10.2 Å². The molecule has 1 aliphatic heterocycles. The highest BCUT2D eigenvalue weighted by Gasteiger charge is 2.28. The molecule has 0 unspecified atom stereocenters. The number of hydrogen-bond donors (Lipinski definition) is 2. The Morgan fingerprint density at radius 2 is 2.04 bits per heavy atom. The molecule has 8 heteroatoms. The zero-order valence-corrected chi connectivity index (χ0v) is 14.7. The molecular formula is C15H23Cl2N3O3. The lowest BCUT2D eigenvalue weighted by Gasteiger charge is -2.35. The zero-order valence-electron chi connectivity index (χ0n) is 13.0. The maximum atomic E-state index is 11.3. The number of nitrogens with one attached hydrogen (secondary N) is 1. The van der Waals surface area contributed by atoms with E-state index in [1.807, 2.05) is 6.92 Å². The first kappa shape index (κ1) is 21.7. The summed E-state index contributed by atoms with van der Waals surface area (Å²) in [5.74, 6) is 0.0532. The van der Waals surface area contributed by atoms with Crippen molar-refractivity contribution in [2.45, 2.75) is 19.4 Å². The molecular weight excluding hydrogens is 341 g/mol. The van der Waals surface area contributed by atoms with Gasteiger partial charge in [0.25, 0.3) is 5.69 Å². The number of halogens is 2. The standard InChI is InChI=1S/C15H21N3O3.2ClH/c1-11(2)9-15(17-7-5-16-6-8-17)13-10-12(19)3-4-14(13)18(20)21;;/h3-4,10,15-16,19H,1,5-9H2,2H3;2*1H/t15-;;/m1../s1. The molecule has 0 radical (unpaired) electrons. The number of nitro groups is 1. The summed E-state index contributed by atoms with van der Waals surface area (Å²) in [6.07, 6.45) is 0.643. The van der Waals surface area contributed by atoms with Gasteiger partial charge in [-0.3, -0.25) is 15.0 Å². The van der Waals surface area contributed by atoms with E-state index in [2.05, 4.69) is 16.8 Å². The Morgan fingerprint density at radius 3 is 2.57 bits per heavy atom. The Kier molecular flexibility index (Phi) is 9.16. The summed E-state index contributed by atoms with van der Waals surface area (Å²) in [4.78, 5) is 13.1. The van der Waals surface area contributed by atoms with Gasteiger partial charge in [0.05, 0.1) is 10.5 Å². The van der Waals surface area contributed by atoms with Crippen molar-refractivity contribution in [3.8, 4) is 5.75 Å². The Labute approximate surface area is 148 Å². The van der Waals surface area contributed by atoms with Crippen molar-refractivity contribution in [2.75, 3.05) is 26.2 Å². The molecule has 6 nitrogen and oxygen atoms in total. The normalized spacial score (nSPS) is 15.9. The van der Waals surface area contributed by atoms with Crippen LogP contribution in [0.4, 0.5) is 5.69 Å². The molecule has 1 fully saturated rings. The summed E-state index contributed by atoms with van der Waals surface area (Å²) >= 11 is 0. The van der Waals surface area contributed by atoms with E-state index in [9.17, 15) is 15.2 Å². The molecule has 1 aliphatic rings. The largest absolute Gasteiger partial charge is 0.508 e. The van der Waals surface area contributed by atoms with Crippen LogP contribution in [0.5, 0.6) is 5.75 Å². The number of benzene rings is 1. The summed E-state index contributed by atoms with van der Waals surface area (Å²) in [6.45, 7) is 9.23. The summed E-state index contributed by atoms with van der Waals surface area (Å²) in [5, 5.41) is 24.3. The van der Waals surface area contributed by atoms with Gasteiger partial charge in [-0.15, -0.1) is 31.4 Å². The Hall–Kier alpha value is -1.34. The van der Waals surface area contributed by atoms with Crippen molar-refractivity contribution in [2.24, 2.45) is 0 Å². The molecule has 1 saturated heterocycles. The minimum Gasteiger partial charge on any atom is -0.508 e. The van der Waals surface area contributed by atoms with Crippen molar-refractivity contribution < 1.29 is 10.0 Å². The molecule has 0 saturated carbocycles. The highest BCUT2D eigenvalue weighted by atomic mass is 35.5. The van der Waals surface area contributed by atoms with Gasteiger partial charge in [-0.2, -0.15) is 0 Å². The van der Waals surface area contributed by atoms with Gasteiger partial charge in [0.2, 0.25) is 0 Å². The van der Waals surface area contributed by atoms with Crippen LogP contribution >= 0.6 is 24.8 Å². The van der Waals surface area contributed by atoms with Gasteiger partial charge in [-0.1, -0.05) is 5.57 Å². The van der Waals surface area contributed by atoms with E-state index >= 15 is 0 Å². The van der Waals surface area contributed by atoms with Gasteiger partial charge in [-0.05, 0) is 25.5 Å². The molecule has 0 spiro atoms. The lowest BCUT2D eigenvalue weighted by Crippen LogP contribution is -2.45. The molecule has 1 atom stereocenters. The fourth-order valence-corrected chi connectivity index (χ4v) is 2.73. The van der Waals surface area contributed by atoms with E-state index in [0.717, 1.165) is 31.8 Å². The fourth-order valence-electron chi connectivity index (χ4n) is 2.73. The average Bonchev–Trinajstić information content (AvgIpc) is 2.45. The maximum absolute atomic E-state index is 11.3. The summed E-state index contributed by atoms with van der Waals surface area (Å²) < 4.78 is 0. The molecule has 1 aromatic rings. The highest BCUT2D eigenvalue weighted by molar-refractivity contribution is 5.85. The molecule has 1 aromatic carbocycles. The van der Waals surface area contributed by atoms with Crippen LogP contribution in [-0.4, -0.2) is 41.1 Å². The van der Waals surface area contributed by atoms with Crippen LogP contribution in [0, 0.1) is 10.1 Å². The number of hydrogen-bond acceptors (Lipinski definition) is 5. The molecule has 1 heterocycles. The lowest BCUT2D eigenvalue weighted by molar-refractivity contribution is -0.386. The van der Waals surface area contributed by atoms with Crippen molar-refractivity contribution in [3.05, 3.63) is 46.0 Å². The smallest absolute Gasteiger partial charge is 0.274 e. The predicted octanol–water partition coefficient (Wildman–Crippen LogP) is 3.06. The Morgan fingerprint density at radius 1 is 1.43 bits per heavy atom. The molecule has 2 rings (SSSR count). The van der Waals surface area contributed by atoms with E-state index < -0.39 is 0 Å². The Bertz CT molecular complexity index is 549. The first-order valence-electron chi connectivity index (χ1n) is 7.05. The van der Waals surface area contributed by atoms with Crippen molar-refractivity contribution >= 4 is 30.5 Å². The van der Waals surface area contributed by atoms with Gasteiger partial charge in [0.15, 0.2) is 0 Å². The van der Waals surface area contributed by atoms with Crippen LogP contribution in [0.15, 0.2) is 30.4 Å². The first-order valence-corrected chi connectivity index (χ1v) is 7.05. The SMILES string of the molecule is C=C(C)C[C@H](c1cc(O)ccc1[N+](=O)[O-])N1CCNCC1.Cl.Cl. The van der Waals surface area contributed by atoms with Gasteiger partial charge in [0, 0.05) is 38.3 Å². The maximum Gasteiger partial charge on any atom is 0.274 e. The van der Waals surface area contributed by atoms with Gasteiger partial charge < -0.3 is 10.4 Å². The molecule has 0 amide bonds. The minimum atomic E-state index is -0.387. The van der Waals surface area contributed by atoms with Crippen molar-refractivity contribution in [3.63, 3.8) is 0 Å². The fraction of sp³-hybridized carbons (Fsp3) is 0.467. The van der Waals surface area contributed by atoms with Gasteiger partial charge in [0.1, 0.15) is 5.75 Å². The van der Waals surface area contributed by atoms with Crippen LogP contribution in [0.1, 0.15) is 24.9 Å². The topological polar surface area (TPSA) is 78.6 Å². The van der Waals surface area contributed by atoms with E-state index in [-0.39, 0.29) is 47.2 Å². The number of phenolic OH excluding ortho intramolecular Hbond substituents is 1. The van der Waals surface area contributed by atoms with Gasteiger partial charge in [-0.25, -0.2) is 0 Å². The second-order valence-corrected chi connectivity index (χ2v) is 5.46. The summed E-state index contributed by atoms with van der Waals surface area (Å²) in [6, 6.07) is 4.11. The third-order valence-corrected chi connectivity index (χ3v) is 3.70. The van der Waals surface area contributed by atoms with Crippen LogP contribution in [0.2, 0.25) is 0 Å². The van der Waals surface area contributed by atoms with Crippen molar-refractivity contribution in [1.29, 1.82) is 0 Å². The Balaban J connectivity index is 0.00000242. The second-order valence-electron chi connectivity index (χ2n) is 5.46. The molecule has 0 bridgehead atoms. The number of phenols is 1. The summed E-state index contributed by atoms with van der Waals surface area (Å²) in [7, 11) is 0. The van der Waals surface area contributed by atoms with E-state index in [4.69, 9.17) is 0 Å². The number of piperazine rings is 1. The molecule has 130 valence electrons. The summed E-state index contributed by atoms with van der Waals surface area (Å²) in [5.41, 5.74) is 1.58. The van der Waals surface area contributed by atoms with Crippen LogP contribution in [-0.2, 0) is 0 Å². The first-order chi connectivity index (χ1) is 9.99. The minimum absolute atomic E-state index is 0.